The molecular weight excluding hydrogens is 771 g/mol. The number of benzene rings is 4. The van der Waals surface area contributed by atoms with Gasteiger partial charge in [-0.15, -0.1) is 29.7 Å². The maximum Gasteiger partial charge on any atom is 2.00 e. The average molecular weight is 823 g/mol. The van der Waals surface area contributed by atoms with Gasteiger partial charge in [0, 0.05) is 40.2 Å². The third-order valence-corrected chi connectivity index (χ3v) is 10.3. The van der Waals surface area contributed by atoms with Crippen LogP contribution in [0.3, 0.4) is 0 Å². The van der Waals surface area contributed by atoms with Crippen LogP contribution in [0.2, 0.25) is 0 Å². The van der Waals surface area contributed by atoms with Gasteiger partial charge in [0.15, 0.2) is 0 Å². The van der Waals surface area contributed by atoms with Crippen LogP contribution in [0.1, 0.15) is 108 Å². The van der Waals surface area contributed by atoms with Gasteiger partial charge >= 0.3 is 20.4 Å². The van der Waals surface area contributed by atoms with Crippen molar-refractivity contribution in [1.29, 1.82) is 0 Å². The number of fused-ring (bicyclic) bond motifs is 3. The zero-order valence-corrected chi connectivity index (χ0v) is 34.7. The molecule has 0 unspecified atom stereocenters. The monoisotopic (exact) mass is 822 g/mol. The largest absolute Gasteiger partial charge is 2.00 e. The van der Waals surface area contributed by atoms with Gasteiger partial charge in [-0.25, -0.2) is 4.98 Å². The van der Waals surface area contributed by atoms with Gasteiger partial charge in [0.25, 0.3) is 0 Å². The fourth-order valence-electron chi connectivity index (χ4n) is 7.46. The van der Waals surface area contributed by atoms with Crippen molar-refractivity contribution in [3.8, 4) is 39.9 Å². The van der Waals surface area contributed by atoms with Crippen molar-refractivity contribution >= 4 is 21.8 Å². The second-order valence-electron chi connectivity index (χ2n) is 14.9. The van der Waals surface area contributed by atoms with Crippen molar-refractivity contribution < 1.29 is 29.9 Å². The molecule has 3 aromatic heterocycles. The summed E-state index contributed by atoms with van der Waals surface area (Å²) in [6.45, 7) is 13.4. The molecule has 55 heavy (non-hydrogen) atoms. The maximum atomic E-state index is 6.63. The van der Waals surface area contributed by atoms with Crippen LogP contribution in [0, 0.1) is 12.1 Å². The van der Waals surface area contributed by atoms with Gasteiger partial charge < -0.3 is 14.0 Å². The Hall–Kier alpha value is -4.70. The molecule has 0 amide bonds. The molecule has 0 saturated heterocycles. The predicted octanol–water partition coefficient (Wildman–Crippen LogP) is 12.8. The first-order chi connectivity index (χ1) is 26.3. The quantitative estimate of drug-likeness (QED) is 0.0587. The Balaban J connectivity index is 0.00000514. The van der Waals surface area contributed by atoms with Gasteiger partial charge in [-0.1, -0.05) is 121 Å². The summed E-state index contributed by atoms with van der Waals surface area (Å²) in [5.41, 5.74) is 10.1. The van der Waals surface area contributed by atoms with Crippen molar-refractivity contribution in [3.63, 3.8) is 0 Å². The van der Waals surface area contributed by atoms with Gasteiger partial charge in [-0.2, -0.15) is 11.2 Å². The molecule has 0 aliphatic carbocycles. The number of aryl methyl sites for hydroxylation is 1. The number of rotatable bonds is 15. The van der Waals surface area contributed by atoms with Crippen LogP contribution in [0.25, 0.3) is 44.4 Å². The first-order valence-electron chi connectivity index (χ1n) is 19.7. The fraction of sp³-hybridized carbons (Fsp3) is 0.333. The Kier molecular flexibility index (Phi) is 13.0. The Morgan fingerprint density at radius 1 is 0.745 bits per heavy atom. The first-order valence-corrected chi connectivity index (χ1v) is 19.7. The van der Waals surface area contributed by atoms with Crippen molar-refractivity contribution in [2.24, 2.45) is 0 Å². The molecule has 4 aromatic carbocycles. The van der Waals surface area contributed by atoms with Crippen LogP contribution in [-0.2, 0) is 33.3 Å². The normalized spacial score (nSPS) is 11.5. The van der Waals surface area contributed by atoms with E-state index in [9.17, 15) is 0 Å². The molecule has 0 fully saturated rings. The Morgan fingerprint density at radius 3 is 2.27 bits per heavy atom. The molecule has 286 valence electrons. The minimum absolute atomic E-state index is 0. The van der Waals surface area contributed by atoms with E-state index in [0.29, 0.717) is 23.2 Å². The van der Waals surface area contributed by atoms with E-state index in [1.165, 1.54) is 47.2 Å². The van der Waals surface area contributed by atoms with E-state index in [0.717, 1.165) is 64.7 Å². The number of aromatic nitrogens is 4. The number of para-hydroxylation sites is 1. The van der Waals surface area contributed by atoms with Crippen molar-refractivity contribution in [2.75, 3.05) is 7.11 Å². The molecule has 0 N–H and O–H groups in total. The van der Waals surface area contributed by atoms with Gasteiger partial charge in [-0.05, 0) is 77.1 Å². The number of nitrogens with zero attached hydrogens (tertiary/aromatic N) is 4. The molecular formula is C48H52N4O2Pd. The standard InChI is InChI=1S/C48H52N4O2.Pd/c1-8-10-11-12-18-44-47(35-21-19-34(15-9-2)20-22-35)48(33(5)6)50-52(44)37-28-39(53-7)30-40(29-37)54-38-23-24-42-41-16-13-14-17-43(41)51(45(42)31-38)46-27-36(32(3)4)25-26-49-46;/h13-14,16-17,19-28,30,32-33H,8-12,15,18H2,1-7H3;/q-2;+2. The Morgan fingerprint density at radius 2 is 1.55 bits per heavy atom. The molecule has 3 heterocycles. The Labute approximate surface area is 340 Å². The zero-order valence-electron chi connectivity index (χ0n) is 33.2. The summed E-state index contributed by atoms with van der Waals surface area (Å²) in [5.74, 6) is 3.26. The SMILES string of the molecule is CCCCCCc1c(-c2ccc(CCC)cc2)c(C(C)C)nn1-c1[c-]c(Oc2[c-]c3c(cc2)c2ccccc2n3-c2cc(C(C)C)ccn2)cc(OC)c1.[Pd+2]. The third kappa shape index (κ3) is 8.44. The smallest absolute Gasteiger partial charge is 0.522 e. The fourth-order valence-corrected chi connectivity index (χ4v) is 7.46. The molecule has 7 rings (SSSR count). The van der Waals surface area contributed by atoms with E-state index in [-0.39, 0.29) is 26.3 Å². The minimum atomic E-state index is 0. The number of hydrogen-bond donors (Lipinski definition) is 0. The van der Waals surface area contributed by atoms with E-state index in [4.69, 9.17) is 19.6 Å². The zero-order chi connectivity index (χ0) is 37.8. The molecule has 7 aromatic rings. The molecule has 0 saturated carbocycles. The first kappa shape index (κ1) is 40.0. The minimum Gasteiger partial charge on any atom is -0.522 e. The summed E-state index contributed by atoms with van der Waals surface area (Å²) in [6, 6.07) is 37.0. The van der Waals surface area contributed by atoms with Crippen LogP contribution in [0.5, 0.6) is 17.2 Å². The van der Waals surface area contributed by atoms with Gasteiger partial charge in [0.2, 0.25) is 0 Å². The number of unbranched alkanes of at least 4 members (excludes halogenated alkanes) is 3. The van der Waals surface area contributed by atoms with Crippen LogP contribution in [-0.4, -0.2) is 26.4 Å². The molecule has 6 nitrogen and oxygen atoms in total. The second-order valence-corrected chi connectivity index (χ2v) is 14.9. The summed E-state index contributed by atoms with van der Waals surface area (Å²) in [4.78, 5) is 4.81. The van der Waals surface area contributed by atoms with E-state index < -0.39 is 0 Å². The molecule has 0 aliphatic heterocycles. The van der Waals surface area contributed by atoms with Crippen molar-refractivity contribution in [2.45, 2.75) is 98.3 Å². The van der Waals surface area contributed by atoms with E-state index in [2.05, 4.69) is 130 Å². The van der Waals surface area contributed by atoms with Crippen LogP contribution in [0.15, 0.2) is 91.1 Å². The summed E-state index contributed by atoms with van der Waals surface area (Å²) in [5, 5.41) is 7.55. The topological polar surface area (TPSA) is 54.1 Å². The summed E-state index contributed by atoms with van der Waals surface area (Å²) < 4.78 is 16.8. The van der Waals surface area contributed by atoms with Gasteiger partial charge in [-0.3, -0.25) is 4.68 Å². The molecule has 0 aliphatic rings. The number of methoxy groups -OCH3 is 1. The van der Waals surface area contributed by atoms with Crippen LogP contribution in [0.4, 0.5) is 0 Å². The van der Waals surface area contributed by atoms with Crippen molar-refractivity contribution in [1.82, 2.24) is 19.3 Å². The molecule has 0 spiro atoms. The molecule has 0 bridgehead atoms. The summed E-state index contributed by atoms with van der Waals surface area (Å²) in [6.07, 6.45) is 9.69. The Bertz CT molecular complexity index is 2370. The van der Waals surface area contributed by atoms with Crippen molar-refractivity contribution in [3.05, 3.63) is 126 Å². The summed E-state index contributed by atoms with van der Waals surface area (Å²) in [7, 11) is 1.69. The predicted molar refractivity (Wildman–Crippen MR) is 222 cm³/mol. The van der Waals surface area contributed by atoms with E-state index in [1.807, 2.05) is 24.4 Å². The number of ether oxygens (including phenoxy) is 2. The third-order valence-electron chi connectivity index (χ3n) is 10.3. The van der Waals surface area contributed by atoms with Gasteiger partial charge in [0.1, 0.15) is 5.82 Å². The van der Waals surface area contributed by atoms with E-state index in [1.54, 1.807) is 7.11 Å². The second kappa shape index (κ2) is 17.8. The average Bonchev–Trinajstić information content (AvgIpc) is 3.73. The molecule has 0 radical (unpaired) electrons. The van der Waals surface area contributed by atoms with Gasteiger partial charge in [0.05, 0.1) is 12.8 Å². The van der Waals surface area contributed by atoms with Crippen LogP contribution >= 0.6 is 0 Å². The summed E-state index contributed by atoms with van der Waals surface area (Å²) >= 11 is 0. The molecule has 7 heteroatoms. The molecule has 0 atom stereocenters. The van der Waals surface area contributed by atoms with E-state index >= 15 is 0 Å². The number of hydrogen-bond acceptors (Lipinski definition) is 4. The number of pyridine rings is 1. The van der Waals surface area contributed by atoms with Crippen LogP contribution < -0.4 is 9.47 Å². The maximum absolute atomic E-state index is 6.63.